The lowest BCUT2D eigenvalue weighted by Gasteiger charge is -2.13. The number of nitrogens with two attached hydrogens (primary N) is 1. The maximum absolute atomic E-state index is 5.46. The Bertz CT molecular complexity index is 298. The third kappa shape index (κ3) is 6.10. The highest BCUT2D eigenvalue weighted by atomic mass is 32.2. The minimum atomic E-state index is 0.412. The van der Waals surface area contributed by atoms with Gasteiger partial charge in [-0.15, -0.1) is 0 Å². The predicted molar refractivity (Wildman–Crippen MR) is 78.1 cm³/mol. The van der Waals surface area contributed by atoms with Gasteiger partial charge < -0.3 is 5.73 Å². The minimum absolute atomic E-state index is 0.412. The Hall–Kier alpha value is -0.510. The Labute approximate surface area is 109 Å². The molecule has 17 heavy (non-hydrogen) atoms. The molecule has 0 unspecified atom stereocenters. The van der Waals surface area contributed by atoms with E-state index in [4.69, 9.17) is 5.73 Å². The molecule has 0 radical (unpaired) electrons. The highest BCUT2D eigenvalue weighted by Crippen LogP contribution is 2.16. The SMILES string of the molecule is Cc1ccc([C@H](C)NSCCCCCN)cc1. The predicted octanol–water partition coefficient (Wildman–Crippen LogP) is 3.42. The summed E-state index contributed by atoms with van der Waals surface area (Å²) >= 11 is 1.82. The van der Waals surface area contributed by atoms with Crippen molar-refractivity contribution in [2.75, 3.05) is 12.3 Å². The summed E-state index contributed by atoms with van der Waals surface area (Å²) in [5, 5.41) is 0. The molecule has 0 fully saturated rings. The molecule has 0 aliphatic heterocycles. The molecule has 0 amide bonds. The molecule has 0 aliphatic rings. The maximum atomic E-state index is 5.46. The first-order chi connectivity index (χ1) is 8.24. The lowest BCUT2D eigenvalue weighted by molar-refractivity contribution is 0.723. The van der Waals surface area contributed by atoms with Crippen molar-refractivity contribution < 1.29 is 0 Å². The molecule has 0 aromatic heterocycles. The van der Waals surface area contributed by atoms with Crippen LogP contribution in [0.2, 0.25) is 0 Å². The van der Waals surface area contributed by atoms with Gasteiger partial charge in [-0.3, -0.25) is 4.72 Å². The summed E-state index contributed by atoms with van der Waals surface area (Å²) in [5.74, 6) is 1.16. The number of aryl methyl sites for hydroxylation is 1. The Morgan fingerprint density at radius 3 is 2.53 bits per heavy atom. The van der Waals surface area contributed by atoms with Gasteiger partial charge in [-0.2, -0.15) is 0 Å². The molecule has 0 spiro atoms. The van der Waals surface area contributed by atoms with Gasteiger partial charge in [0.1, 0.15) is 0 Å². The zero-order valence-corrected chi connectivity index (χ0v) is 11.7. The monoisotopic (exact) mass is 252 g/mol. The Balaban J connectivity index is 2.16. The molecule has 3 heteroatoms. The molecule has 0 saturated heterocycles. The van der Waals surface area contributed by atoms with Crippen LogP contribution in [0.25, 0.3) is 0 Å². The topological polar surface area (TPSA) is 38.0 Å². The first kappa shape index (κ1) is 14.6. The second kappa shape index (κ2) is 8.56. The van der Waals surface area contributed by atoms with Gasteiger partial charge in [-0.05, 0) is 38.8 Å². The van der Waals surface area contributed by atoms with E-state index >= 15 is 0 Å². The first-order valence-corrected chi connectivity index (χ1v) is 7.36. The standard InChI is InChI=1S/C14H24N2S/c1-12-6-8-14(9-7-12)13(2)16-17-11-5-3-4-10-15/h6-9,13,16H,3-5,10-11,15H2,1-2H3/t13-/m0/s1. The zero-order chi connectivity index (χ0) is 12.5. The Morgan fingerprint density at radius 1 is 1.18 bits per heavy atom. The van der Waals surface area contributed by atoms with Crippen LogP contribution in [0.15, 0.2) is 24.3 Å². The van der Waals surface area contributed by atoms with Crippen molar-refractivity contribution in [2.24, 2.45) is 5.73 Å². The van der Waals surface area contributed by atoms with Crippen molar-refractivity contribution >= 4 is 11.9 Å². The van der Waals surface area contributed by atoms with Crippen LogP contribution in [-0.4, -0.2) is 12.3 Å². The van der Waals surface area contributed by atoms with Crippen LogP contribution in [0, 0.1) is 6.92 Å². The summed E-state index contributed by atoms with van der Waals surface area (Å²) in [6, 6.07) is 9.14. The molecule has 1 aromatic rings. The number of hydrogen-bond acceptors (Lipinski definition) is 3. The van der Waals surface area contributed by atoms with Crippen LogP contribution in [0.5, 0.6) is 0 Å². The van der Waals surface area contributed by atoms with Gasteiger partial charge in [0.25, 0.3) is 0 Å². The highest BCUT2D eigenvalue weighted by molar-refractivity contribution is 7.97. The molecule has 3 N–H and O–H groups in total. The maximum Gasteiger partial charge on any atom is 0.0393 e. The number of nitrogens with one attached hydrogen (secondary N) is 1. The van der Waals surface area contributed by atoms with Crippen LogP contribution in [-0.2, 0) is 0 Å². The largest absolute Gasteiger partial charge is 0.330 e. The summed E-state index contributed by atoms with van der Waals surface area (Å²) in [6.07, 6.45) is 3.63. The molecule has 0 heterocycles. The van der Waals surface area contributed by atoms with Crippen LogP contribution >= 0.6 is 11.9 Å². The van der Waals surface area contributed by atoms with E-state index in [-0.39, 0.29) is 0 Å². The molecule has 0 saturated carbocycles. The highest BCUT2D eigenvalue weighted by Gasteiger charge is 2.03. The normalized spacial score (nSPS) is 12.6. The average molecular weight is 252 g/mol. The molecule has 0 bridgehead atoms. The van der Waals surface area contributed by atoms with Crippen LogP contribution < -0.4 is 10.5 Å². The van der Waals surface area contributed by atoms with Gasteiger partial charge in [0.15, 0.2) is 0 Å². The van der Waals surface area contributed by atoms with Crippen molar-refractivity contribution in [3.8, 4) is 0 Å². The second-order valence-electron chi connectivity index (χ2n) is 4.45. The fraction of sp³-hybridized carbons (Fsp3) is 0.571. The first-order valence-electron chi connectivity index (χ1n) is 6.38. The fourth-order valence-corrected chi connectivity index (χ4v) is 2.45. The van der Waals surface area contributed by atoms with E-state index in [9.17, 15) is 0 Å². The zero-order valence-electron chi connectivity index (χ0n) is 10.9. The lowest BCUT2D eigenvalue weighted by atomic mass is 10.1. The molecular formula is C14H24N2S. The third-order valence-electron chi connectivity index (χ3n) is 2.79. The van der Waals surface area contributed by atoms with Gasteiger partial charge in [0, 0.05) is 11.8 Å². The number of benzene rings is 1. The smallest absolute Gasteiger partial charge is 0.0393 e. The summed E-state index contributed by atoms with van der Waals surface area (Å²) in [6.45, 7) is 5.14. The molecule has 96 valence electrons. The third-order valence-corrected chi connectivity index (χ3v) is 3.80. The number of hydrogen-bond donors (Lipinski definition) is 2. The van der Waals surface area contributed by atoms with E-state index in [2.05, 4.69) is 42.8 Å². The van der Waals surface area contributed by atoms with Crippen LogP contribution in [0.3, 0.4) is 0 Å². The van der Waals surface area contributed by atoms with Crippen molar-refractivity contribution in [1.29, 1.82) is 0 Å². The second-order valence-corrected chi connectivity index (χ2v) is 5.38. The van der Waals surface area contributed by atoms with Gasteiger partial charge >= 0.3 is 0 Å². The number of unbranched alkanes of at least 4 members (excludes halogenated alkanes) is 2. The van der Waals surface area contributed by atoms with E-state index < -0.39 is 0 Å². The van der Waals surface area contributed by atoms with Crippen molar-refractivity contribution in [2.45, 2.75) is 39.2 Å². The van der Waals surface area contributed by atoms with E-state index in [1.165, 1.54) is 24.0 Å². The van der Waals surface area contributed by atoms with Crippen LogP contribution in [0.4, 0.5) is 0 Å². The van der Waals surface area contributed by atoms with Gasteiger partial charge in [-0.1, -0.05) is 48.2 Å². The summed E-state index contributed by atoms with van der Waals surface area (Å²) in [7, 11) is 0. The van der Waals surface area contributed by atoms with Crippen LogP contribution in [0.1, 0.15) is 43.4 Å². The molecule has 1 atom stereocenters. The molecule has 1 aromatic carbocycles. The van der Waals surface area contributed by atoms with E-state index in [1.807, 2.05) is 11.9 Å². The van der Waals surface area contributed by atoms with Gasteiger partial charge in [0.2, 0.25) is 0 Å². The van der Waals surface area contributed by atoms with Crippen molar-refractivity contribution in [1.82, 2.24) is 4.72 Å². The molecule has 1 rings (SSSR count). The average Bonchev–Trinajstić information content (AvgIpc) is 2.34. The quantitative estimate of drug-likeness (QED) is 0.550. The summed E-state index contributed by atoms with van der Waals surface area (Å²) < 4.78 is 3.48. The fourth-order valence-electron chi connectivity index (χ4n) is 1.60. The van der Waals surface area contributed by atoms with E-state index in [0.717, 1.165) is 18.7 Å². The Morgan fingerprint density at radius 2 is 1.88 bits per heavy atom. The molecular weight excluding hydrogens is 228 g/mol. The molecule has 0 aliphatic carbocycles. The summed E-state index contributed by atoms with van der Waals surface area (Å²) in [4.78, 5) is 0. The van der Waals surface area contributed by atoms with Crippen molar-refractivity contribution in [3.63, 3.8) is 0 Å². The Kier molecular flexibility index (Phi) is 7.33. The lowest BCUT2D eigenvalue weighted by Crippen LogP contribution is -2.11. The summed E-state index contributed by atoms with van der Waals surface area (Å²) in [5.41, 5.74) is 8.12. The number of rotatable bonds is 8. The van der Waals surface area contributed by atoms with Crippen molar-refractivity contribution in [3.05, 3.63) is 35.4 Å². The molecule has 2 nitrogen and oxygen atoms in total. The van der Waals surface area contributed by atoms with Gasteiger partial charge in [-0.25, -0.2) is 0 Å². The van der Waals surface area contributed by atoms with Gasteiger partial charge in [0.05, 0.1) is 0 Å². The minimum Gasteiger partial charge on any atom is -0.330 e. The van der Waals surface area contributed by atoms with E-state index in [1.54, 1.807) is 0 Å². The van der Waals surface area contributed by atoms with E-state index in [0.29, 0.717) is 6.04 Å².